The minimum atomic E-state index is 0. The van der Waals surface area contributed by atoms with Crippen molar-refractivity contribution < 1.29 is 46.4 Å². The molecule has 3 aromatic heterocycles. The van der Waals surface area contributed by atoms with Crippen LogP contribution < -0.4 is 46.4 Å². The molecule has 0 amide bonds. The summed E-state index contributed by atoms with van der Waals surface area (Å²) in [5.41, 5.74) is 1.98. The smallest absolute Gasteiger partial charge is 1.00 e. The third-order valence-electron chi connectivity index (χ3n) is 2.91. The molecule has 0 saturated heterocycles. The molecule has 0 aromatic carbocycles. The molecular formula is C13H17I4N7. The van der Waals surface area contributed by atoms with E-state index in [1.165, 1.54) is 0 Å². The van der Waals surface area contributed by atoms with Crippen LogP contribution in [0.25, 0.3) is 0 Å². The topological polar surface area (TPSA) is 56.3 Å². The summed E-state index contributed by atoms with van der Waals surface area (Å²) in [7, 11) is 3.90. The van der Waals surface area contributed by atoms with Gasteiger partial charge in [-0.2, -0.15) is 0 Å². The number of halogens is 4. The van der Waals surface area contributed by atoms with Gasteiger partial charge in [-0.15, -0.1) is 9.36 Å². The minimum absolute atomic E-state index is 0. The number of aryl methyl sites for hydroxylation is 2. The molecule has 3 heterocycles. The second-order valence-electron chi connectivity index (χ2n) is 4.89. The van der Waals surface area contributed by atoms with Crippen molar-refractivity contribution >= 4 is 37.2 Å². The zero-order chi connectivity index (χ0) is 16.7. The van der Waals surface area contributed by atoms with Crippen molar-refractivity contribution in [2.45, 2.75) is 13.1 Å². The van der Waals surface area contributed by atoms with Crippen LogP contribution in [-0.4, -0.2) is 24.5 Å². The largest absolute Gasteiger partial charge is 1.00 e. The van der Waals surface area contributed by atoms with Gasteiger partial charge in [0.2, 0.25) is 12.7 Å². The van der Waals surface area contributed by atoms with Gasteiger partial charge < -0.3 is 24.0 Å². The average molecular weight is 779 g/mol. The quantitative estimate of drug-likeness (QED) is 0.197. The van der Waals surface area contributed by atoms with Crippen LogP contribution in [0.5, 0.6) is 0 Å². The van der Waals surface area contributed by atoms with Crippen LogP contribution in [-0.2, 0) is 27.2 Å². The maximum absolute atomic E-state index is 4.64. The number of aromatic nitrogens is 7. The Bertz CT molecular complexity index is 686. The van der Waals surface area contributed by atoms with Gasteiger partial charge in [-0.25, -0.2) is 9.13 Å². The molecule has 24 heavy (non-hydrogen) atoms. The van der Waals surface area contributed by atoms with Crippen molar-refractivity contribution in [3.05, 3.63) is 54.9 Å². The van der Waals surface area contributed by atoms with Gasteiger partial charge in [0.15, 0.2) is 0 Å². The summed E-state index contributed by atoms with van der Waals surface area (Å²) in [6, 6.07) is 6.03. The summed E-state index contributed by atoms with van der Waals surface area (Å²) in [5.74, 6) is 0. The molecule has 0 unspecified atom stereocenters. The van der Waals surface area contributed by atoms with E-state index in [0.29, 0.717) is 26.3 Å². The fourth-order valence-corrected chi connectivity index (χ4v) is 2.04. The summed E-state index contributed by atoms with van der Waals surface area (Å²) in [5, 5.41) is 8.49. The van der Waals surface area contributed by atoms with Crippen molar-refractivity contribution in [3.8, 4) is 0 Å². The molecule has 0 radical (unpaired) electrons. The number of nitrogens with zero attached hydrogens (tertiary/aromatic N) is 7. The van der Waals surface area contributed by atoms with Crippen LogP contribution in [0.2, 0.25) is 0 Å². The molecule has 0 fully saturated rings. The van der Waals surface area contributed by atoms with Crippen molar-refractivity contribution in [1.82, 2.24) is 24.5 Å². The number of hydrogen-bond acceptors (Lipinski definition) is 3. The summed E-state index contributed by atoms with van der Waals surface area (Å²) in [4.78, 5) is 4.64. The standard InChI is InChI=1S/C13H17N7.I3.HI/c1-17-8-14-19(10-17)6-12-4-3-5-13(16-12)7-20-11-18(2)9-15-20;1-3-2;/h3-5,8-11H,6-7H2,1-2H3;;1H/q+2;-1;/p-1. The molecule has 0 aliphatic carbocycles. The molecule has 0 aliphatic rings. The van der Waals surface area contributed by atoms with Crippen molar-refractivity contribution in [2.75, 3.05) is 0 Å². The van der Waals surface area contributed by atoms with Crippen LogP contribution in [0.15, 0.2) is 43.5 Å². The van der Waals surface area contributed by atoms with Crippen molar-refractivity contribution in [2.24, 2.45) is 14.1 Å². The first kappa shape index (κ1) is 22.4. The Labute approximate surface area is 187 Å². The first-order chi connectivity index (χ1) is 11.1. The number of rotatable bonds is 4. The Hall–Kier alpha value is 0.350. The van der Waals surface area contributed by atoms with Gasteiger partial charge >= 0.3 is 50.5 Å². The van der Waals surface area contributed by atoms with Crippen LogP contribution in [0.3, 0.4) is 0 Å². The maximum atomic E-state index is 4.64. The normalized spacial score (nSPS) is 10.0. The number of hydrogen-bond donors (Lipinski definition) is 0. The molecule has 7 nitrogen and oxygen atoms in total. The fraction of sp³-hybridized carbons (Fsp3) is 0.308. The van der Waals surface area contributed by atoms with Gasteiger partial charge in [-0.1, -0.05) is 6.07 Å². The van der Waals surface area contributed by atoms with Crippen LogP contribution >= 0.6 is 37.2 Å². The summed E-state index contributed by atoms with van der Waals surface area (Å²) in [6.07, 6.45) is 7.41. The van der Waals surface area contributed by atoms with E-state index in [4.69, 9.17) is 0 Å². The van der Waals surface area contributed by atoms with E-state index in [1.54, 1.807) is 12.7 Å². The second-order valence-corrected chi connectivity index (χ2v) is 21.1. The van der Waals surface area contributed by atoms with Gasteiger partial charge in [0.25, 0.3) is 12.7 Å². The van der Waals surface area contributed by atoms with E-state index in [0.717, 1.165) is 11.4 Å². The molecule has 11 heteroatoms. The van der Waals surface area contributed by atoms with E-state index in [2.05, 4.69) is 52.4 Å². The van der Waals surface area contributed by atoms with Crippen LogP contribution in [0.1, 0.15) is 11.4 Å². The van der Waals surface area contributed by atoms with Gasteiger partial charge in [0.1, 0.15) is 13.1 Å². The molecule has 0 spiro atoms. The third kappa shape index (κ3) is 7.71. The molecule has 0 bridgehead atoms. The van der Waals surface area contributed by atoms with Gasteiger partial charge in [-0.05, 0) is 12.1 Å². The summed E-state index contributed by atoms with van der Waals surface area (Å²) < 4.78 is 7.54. The van der Waals surface area contributed by atoms with E-state index < -0.39 is 0 Å². The van der Waals surface area contributed by atoms with E-state index >= 15 is 0 Å². The zero-order valence-electron chi connectivity index (χ0n) is 13.1. The maximum Gasteiger partial charge on any atom is -1.00 e. The van der Waals surface area contributed by atoms with Crippen LogP contribution in [0, 0.1) is 0 Å². The van der Waals surface area contributed by atoms with Gasteiger partial charge in [-0.3, -0.25) is 4.98 Å². The predicted molar refractivity (Wildman–Crippen MR) is 97.3 cm³/mol. The molecule has 3 aromatic rings. The Morgan fingerprint density at radius 2 is 1.38 bits per heavy atom. The Morgan fingerprint density at radius 3 is 1.71 bits per heavy atom. The third-order valence-corrected chi connectivity index (χ3v) is 2.91. The molecule has 132 valence electrons. The average Bonchev–Trinajstić information content (AvgIpc) is 3.09. The monoisotopic (exact) mass is 779 g/mol. The van der Waals surface area contributed by atoms with E-state index in [-0.39, 0.29) is 24.0 Å². The van der Waals surface area contributed by atoms with Crippen LogP contribution in [0.4, 0.5) is 0 Å². The zero-order valence-corrected chi connectivity index (χ0v) is 21.7. The second kappa shape index (κ2) is 11.9. The first-order valence-electron chi connectivity index (χ1n) is 6.68. The van der Waals surface area contributed by atoms with E-state index in [1.807, 2.05) is 63.4 Å². The first-order valence-corrected chi connectivity index (χ1v) is 19.2. The molecule has 0 atom stereocenters. The summed E-state index contributed by atoms with van der Waals surface area (Å²) >= 11 is 5.30. The molecular weight excluding hydrogens is 762 g/mol. The van der Waals surface area contributed by atoms with Crippen molar-refractivity contribution in [1.29, 1.82) is 0 Å². The Kier molecular flexibility index (Phi) is 11.1. The Morgan fingerprint density at radius 1 is 0.958 bits per heavy atom. The molecule has 0 aliphatic heterocycles. The SMILES string of the molecule is C[n+]1cnn(Cc2cccc(Cn3c[n+](C)cn3)n2)c1.I[I-]I.[I-]. The molecule has 0 N–H and O–H groups in total. The minimum Gasteiger partial charge on any atom is -1.00 e. The van der Waals surface area contributed by atoms with Crippen molar-refractivity contribution in [3.63, 3.8) is 0 Å². The fourth-order valence-electron chi connectivity index (χ4n) is 2.04. The summed E-state index contributed by atoms with van der Waals surface area (Å²) in [6.45, 7) is 1.34. The molecule has 0 saturated carbocycles. The van der Waals surface area contributed by atoms with Gasteiger partial charge in [0, 0.05) is 10.2 Å². The number of pyridine rings is 1. The Balaban J connectivity index is 0.000000671. The predicted octanol–water partition coefficient (Wildman–Crippen LogP) is -5.00. The van der Waals surface area contributed by atoms with Gasteiger partial charge in [0.05, 0.1) is 25.5 Å². The van der Waals surface area contributed by atoms with E-state index in [9.17, 15) is 0 Å². The molecule has 3 rings (SSSR count).